The molecular formula is C95H58N10. The molecule has 0 saturated carbocycles. The van der Waals surface area contributed by atoms with Crippen LogP contribution in [-0.4, -0.2) is 46.3 Å². The molecule has 0 spiro atoms. The van der Waals surface area contributed by atoms with Crippen molar-refractivity contribution in [2.24, 2.45) is 0 Å². The molecule has 0 unspecified atom stereocenters. The molecule has 0 aliphatic carbocycles. The molecule has 8 aromatic heterocycles. The summed E-state index contributed by atoms with van der Waals surface area (Å²) >= 11 is 0. The van der Waals surface area contributed by atoms with Crippen LogP contribution in [0, 0.1) is 0 Å². The lowest BCUT2D eigenvalue weighted by atomic mass is 9.84. The van der Waals surface area contributed by atoms with Gasteiger partial charge in [-0.15, -0.1) is 0 Å². The molecule has 0 amide bonds. The summed E-state index contributed by atoms with van der Waals surface area (Å²) in [6.45, 7) is 4.57. The molecule has 0 fully saturated rings. The molecule has 24 rings (SSSR count). The van der Waals surface area contributed by atoms with Crippen LogP contribution in [0.4, 0.5) is 0 Å². The highest BCUT2D eigenvalue weighted by Gasteiger charge is 2.30. The van der Waals surface area contributed by atoms with Crippen LogP contribution in [0.2, 0.25) is 0 Å². The van der Waals surface area contributed by atoms with Crippen LogP contribution in [0.5, 0.6) is 0 Å². The van der Waals surface area contributed by atoms with Crippen molar-refractivity contribution in [3.63, 3.8) is 0 Å². The van der Waals surface area contributed by atoms with Crippen LogP contribution in [0.15, 0.2) is 309 Å². The Morgan fingerprint density at radius 1 is 0.210 bits per heavy atom. The van der Waals surface area contributed by atoms with Crippen LogP contribution in [0.25, 0.3) is 221 Å². The molecule has 105 heavy (non-hydrogen) atoms. The number of fused-ring (bicyclic) bond motifs is 24. The van der Waals surface area contributed by atoms with Crippen molar-refractivity contribution < 1.29 is 0 Å². The Morgan fingerprint density at radius 2 is 0.514 bits per heavy atom. The van der Waals surface area contributed by atoms with Crippen molar-refractivity contribution in [1.29, 1.82) is 0 Å². The molecule has 16 aromatic carbocycles. The van der Waals surface area contributed by atoms with Crippen LogP contribution >= 0.6 is 0 Å². The number of hydrogen-bond acceptors (Lipinski definition) is 4. The average molecular weight is 1340 g/mol. The van der Waals surface area contributed by atoms with Gasteiger partial charge in [-0.1, -0.05) is 220 Å². The normalized spacial score (nSPS) is 12.6. The molecule has 0 bridgehead atoms. The first-order valence-corrected chi connectivity index (χ1v) is 36.1. The summed E-state index contributed by atoms with van der Waals surface area (Å²) in [4.78, 5) is 22.2. The summed E-state index contributed by atoms with van der Waals surface area (Å²) < 4.78 is 14.1. The Hall–Kier alpha value is -14.0. The summed E-state index contributed by atoms with van der Waals surface area (Å²) in [6.07, 6.45) is 0. The van der Waals surface area contributed by atoms with Crippen LogP contribution in [0.3, 0.4) is 0 Å². The van der Waals surface area contributed by atoms with Crippen LogP contribution in [-0.2, 0) is 0 Å². The van der Waals surface area contributed by atoms with Gasteiger partial charge >= 0.3 is 0 Å². The molecular weight excluding hydrogens is 1280 g/mol. The Bertz CT molecular complexity index is 7780. The zero-order valence-electron chi connectivity index (χ0n) is 57.0. The van der Waals surface area contributed by atoms with Gasteiger partial charge in [-0.3, -0.25) is 17.6 Å². The smallest absolute Gasteiger partial charge is 0.223 e. The molecule has 0 aliphatic rings. The molecule has 0 saturated heterocycles. The Kier molecular flexibility index (Phi) is 11.3. The molecule has 10 nitrogen and oxygen atoms in total. The van der Waals surface area contributed by atoms with E-state index < -0.39 is 0 Å². The number of hydrogen-bond donors (Lipinski definition) is 0. The van der Waals surface area contributed by atoms with Crippen molar-refractivity contribution in [2.75, 3.05) is 0 Å². The molecule has 0 radical (unpaired) electrons. The van der Waals surface area contributed by atoms with E-state index in [0.29, 0.717) is 5.92 Å². The highest BCUT2D eigenvalue weighted by Crippen LogP contribution is 2.48. The maximum absolute atomic E-state index is 5.63. The lowest BCUT2D eigenvalue weighted by molar-refractivity contribution is 0.869. The van der Waals surface area contributed by atoms with E-state index in [-0.39, 0.29) is 0 Å². The lowest BCUT2D eigenvalue weighted by Gasteiger charge is -2.19. The second kappa shape index (κ2) is 20.8. The highest BCUT2D eigenvalue weighted by atomic mass is 15.3. The van der Waals surface area contributed by atoms with E-state index in [2.05, 4.69) is 350 Å². The molecule has 0 aliphatic heterocycles. The first kappa shape index (κ1) is 56.8. The molecule has 8 heterocycles. The van der Waals surface area contributed by atoms with E-state index in [1.807, 2.05) is 0 Å². The number of nitrogens with zero attached hydrogens (tertiary/aromatic N) is 10. The topological polar surface area (TPSA) is 78.0 Å². The summed E-state index contributed by atoms with van der Waals surface area (Å²) in [5.41, 5.74) is 31.9. The largest absolute Gasteiger partial charge is 0.276 e. The number of rotatable bonds is 8. The van der Waals surface area contributed by atoms with Gasteiger partial charge in [0.15, 0.2) is 0 Å². The van der Waals surface area contributed by atoms with Gasteiger partial charge in [0.25, 0.3) is 0 Å². The summed E-state index contributed by atoms with van der Waals surface area (Å²) in [5, 5.41) is 9.17. The molecule has 24 aromatic rings. The van der Waals surface area contributed by atoms with E-state index >= 15 is 0 Å². The molecule has 10 heteroatoms. The van der Waals surface area contributed by atoms with Gasteiger partial charge in [-0.05, 0) is 236 Å². The minimum Gasteiger partial charge on any atom is -0.276 e. The van der Waals surface area contributed by atoms with Crippen molar-refractivity contribution >= 4 is 143 Å². The standard InChI is InChI=1S/C95H58N10/c1-54(2)73-36-35-65(39-74(73)56-21-9-4-10-22-56)71-50-85-90-86(51-71)102-83-48-68-37-63(31-33-66(68)44-79(83)98-94(102)104(90)92-96-77-42-59-27-15-17-29-61(59)46-81(77)100(85)92)64-32-34-67-45-80-84(49-69(67)38-64)103-88-53-72(52-87-91(88)105(95(103)99-80)93-97-78-43-60-28-16-18-30-62(60)47-82(78)101(87)93)89-75(57-23-11-5-12-24-57)40-70(55-19-7-3-8-20-55)41-76(89)58-25-13-6-14-26-58/h3-54H,1-2H3. The fourth-order valence-electron chi connectivity index (χ4n) is 17.8. The number of benzene rings is 16. The van der Waals surface area contributed by atoms with Crippen LogP contribution in [0.1, 0.15) is 25.3 Å². The fourth-order valence-corrected chi connectivity index (χ4v) is 17.8. The summed E-state index contributed by atoms with van der Waals surface area (Å²) in [6, 6.07) is 114. The third-order valence-corrected chi connectivity index (χ3v) is 22.7. The first-order valence-electron chi connectivity index (χ1n) is 36.1. The van der Waals surface area contributed by atoms with Gasteiger partial charge in [-0.2, -0.15) is 0 Å². The second-order valence-electron chi connectivity index (χ2n) is 28.9. The van der Waals surface area contributed by atoms with Gasteiger partial charge in [0.2, 0.25) is 23.1 Å². The van der Waals surface area contributed by atoms with E-state index in [1.165, 1.54) is 38.4 Å². The fraction of sp³-hybridized carbons (Fsp3) is 0.0316. The third-order valence-electron chi connectivity index (χ3n) is 22.7. The van der Waals surface area contributed by atoms with E-state index in [9.17, 15) is 0 Å². The second-order valence-corrected chi connectivity index (χ2v) is 28.9. The lowest BCUT2D eigenvalue weighted by Crippen LogP contribution is -1.94. The van der Waals surface area contributed by atoms with Gasteiger partial charge in [0.1, 0.15) is 11.0 Å². The van der Waals surface area contributed by atoms with Crippen molar-refractivity contribution in [2.45, 2.75) is 19.8 Å². The Balaban J connectivity index is 0.706. The monoisotopic (exact) mass is 1340 g/mol. The van der Waals surface area contributed by atoms with E-state index in [4.69, 9.17) is 19.9 Å². The SMILES string of the molecule is CC(C)c1ccc(-c2cc3c4c(c2)n2c5cc6cc(-c7ccc8cc9nc%10n(c9cc8c7)c7cc(-c8c(-c9ccccc9)cc(-c9ccccc9)cc8-c8ccccc8)cc8c7n%10c7nc9cc%10ccccc%10cc9n87)ccc6cc5nc2n4c2nc4cc5ccccc5cc4n32)cc1-c1ccccc1. The Labute approximate surface area is 598 Å². The maximum atomic E-state index is 5.63. The van der Waals surface area contributed by atoms with Crippen molar-refractivity contribution in [3.05, 3.63) is 315 Å². The van der Waals surface area contributed by atoms with E-state index in [0.717, 1.165) is 188 Å². The van der Waals surface area contributed by atoms with Crippen molar-refractivity contribution in [1.82, 2.24) is 46.3 Å². The first-order chi connectivity index (χ1) is 51.8. The predicted octanol–water partition coefficient (Wildman–Crippen LogP) is 24.0. The minimum absolute atomic E-state index is 0.350. The van der Waals surface area contributed by atoms with E-state index in [1.54, 1.807) is 0 Å². The van der Waals surface area contributed by atoms with Gasteiger partial charge in [-0.25, -0.2) is 28.7 Å². The van der Waals surface area contributed by atoms with Gasteiger partial charge in [0.05, 0.1) is 66.2 Å². The van der Waals surface area contributed by atoms with Crippen molar-refractivity contribution in [3.8, 4) is 77.9 Å². The summed E-state index contributed by atoms with van der Waals surface area (Å²) in [7, 11) is 0. The molecule has 0 atom stereocenters. The number of imidazole rings is 8. The van der Waals surface area contributed by atoms with Crippen LogP contribution < -0.4 is 0 Å². The molecule has 0 N–H and O–H groups in total. The van der Waals surface area contributed by atoms with Gasteiger partial charge < -0.3 is 0 Å². The zero-order chi connectivity index (χ0) is 68.6. The quantitative estimate of drug-likeness (QED) is 0.152. The summed E-state index contributed by atoms with van der Waals surface area (Å²) in [5.74, 6) is 3.68. The van der Waals surface area contributed by atoms with Gasteiger partial charge in [0, 0.05) is 0 Å². The average Bonchev–Trinajstić information content (AvgIpc) is 1.52. The highest BCUT2D eigenvalue weighted by molar-refractivity contribution is 6.13. The maximum Gasteiger partial charge on any atom is 0.223 e. The third kappa shape index (κ3) is 8.02. The molecule has 488 valence electrons. The minimum atomic E-state index is 0.350. The Morgan fingerprint density at radius 3 is 0.914 bits per heavy atom. The number of aromatic nitrogens is 10. The zero-order valence-corrected chi connectivity index (χ0v) is 57.0. The predicted molar refractivity (Wildman–Crippen MR) is 433 cm³/mol.